The first-order chi connectivity index (χ1) is 11.4. The number of aryl methyl sites for hydroxylation is 1. The van der Waals surface area contributed by atoms with Crippen LogP contribution in [0.3, 0.4) is 0 Å². The molecule has 0 unspecified atom stereocenters. The maximum Gasteiger partial charge on any atom is 0.267 e. The van der Waals surface area contributed by atoms with E-state index in [1.165, 1.54) is 12.1 Å². The second-order valence-electron chi connectivity index (χ2n) is 6.11. The van der Waals surface area contributed by atoms with Gasteiger partial charge < -0.3 is 10.2 Å². The number of nitrogens with one attached hydrogen (secondary N) is 1. The molecule has 1 atom stereocenters. The van der Waals surface area contributed by atoms with Crippen molar-refractivity contribution in [3.05, 3.63) is 53.1 Å². The van der Waals surface area contributed by atoms with E-state index in [9.17, 15) is 9.18 Å². The highest BCUT2D eigenvalue weighted by Gasteiger charge is 2.42. The molecule has 1 aromatic carbocycles. The van der Waals surface area contributed by atoms with Crippen LogP contribution in [0.4, 0.5) is 4.39 Å². The monoisotopic (exact) mass is 330 g/mol. The molecule has 7 heteroatoms. The fourth-order valence-corrected chi connectivity index (χ4v) is 2.56. The van der Waals surface area contributed by atoms with Gasteiger partial charge in [-0.1, -0.05) is 17.3 Å². The fraction of sp³-hybridized carbons (Fsp3) is 0.353. The Morgan fingerprint density at radius 3 is 2.96 bits per heavy atom. The van der Waals surface area contributed by atoms with E-state index >= 15 is 0 Å². The average molecular weight is 330 g/mol. The second kappa shape index (κ2) is 6.07. The summed E-state index contributed by atoms with van der Waals surface area (Å²) in [7, 11) is 1.85. The van der Waals surface area contributed by atoms with Crippen LogP contribution in [0.5, 0.6) is 0 Å². The minimum Gasteiger partial charge on any atom is -0.379 e. The van der Waals surface area contributed by atoms with Crippen molar-refractivity contribution in [1.29, 1.82) is 0 Å². The molecule has 0 saturated heterocycles. The highest BCUT2D eigenvalue weighted by atomic mass is 19.1. The maximum absolute atomic E-state index is 13.3. The van der Waals surface area contributed by atoms with Crippen molar-refractivity contribution in [2.24, 2.45) is 12.2 Å². The molecule has 0 bridgehead atoms. The third-order valence-corrected chi connectivity index (χ3v) is 4.28. The Morgan fingerprint density at radius 1 is 1.50 bits per heavy atom. The Hall–Kier alpha value is -2.70. The van der Waals surface area contributed by atoms with Gasteiger partial charge in [0.05, 0.1) is 11.9 Å². The van der Waals surface area contributed by atoms with Gasteiger partial charge in [0.15, 0.2) is 0 Å². The van der Waals surface area contributed by atoms with E-state index in [4.69, 9.17) is 4.84 Å². The van der Waals surface area contributed by atoms with Crippen LogP contribution < -0.4 is 5.32 Å². The molecular weight excluding hydrogens is 311 g/mol. The molecule has 2 aromatic rings. The summed E-state index contributed by atoms with van der Waals surface area (Å²) in [6.45, 7) is 3.98. The summed E-state index contributed by atoms with van der Waals surface area (Å²) < 4.78 is 15.1. The van der Waals surface area contributed by atoms with Crippen molar-refractivity contribution in [3.8, 4) is 0 Å². The lowest BCUT2D eigenvalue weighted by atomic mass is 9.95. The van der Waals surface area contributed by atoms with Crippen molar-refractivity contribution >= 4 is 11.6 Å². The van der Waals surface area contributed by atoms with E-state index < -0.39 is 5.60 Å². The van der Waals surface area contributed by atoms with E-state index in [0.717, 1.165) is 11.3 Å². The molecule has 6 nitrogen and oxygen atoms in total. The number of oxime groups is 1. The largest absolute Gasteiger partial charge is 0.379 e. The van der Waals surface area contributed by atoms with Crippen molar-refractivity contribution in [3.63, 3.8) is 0 Å². The molecule has 0 spiro atoms. The molecule has 0 saturated carbocycles. The molecule has 1 aromatic heterocycles. The zero-order chi connectivity index (χ0) is 17.3. The minimum atomic E-state index is -1.10. The number of hydrogen-bond donors (Lipinski definition) is 1. The van der Waals surface area contributed by atoms with Gasteiger partial charge in [-0.2, -0.15) is 5.10 Å². The number of benzene rings is 1. The van der Waals surface area contributed by atoms with Crippen molar-refractivity contribution in [2.45, 2.75) is 32.4 Å². The van der Waals surface area contributed by atoms with Gasteiger partial charge in [-0.25, -0.2) is 4.39 Å². The number of carbonyl (C=O) groups is 1. The molecule has 1 aliphatic rings. The van der Waals surface area contributed by atoms with Gasteiger partial charge in [-0.3, -0.25) is 9.48 Å². The molecule has 1 N–H and O–H groups in total. The SMILES string of the molecule is Cc1c(CNC(=O)[C@]2(C)CC(c3cccc(F)c3)=NO2)cnn1C. The third kappa shape index (κ3) is 3.02. The summed E-state index contributed by atoms with van der Waals surface area (Å²) in [6, 6.07) is 6.09. The minimum absolute atomic E-state index is 0.263. The van der Waals surface area contributed by atoms with Crippen molar-refractivity contribution < 1.29 is 14.0 Å². The topological polar surface area (TPSA) is 68.5 Å². The second-order valence-corrected chi connectivity index (χ2v) is 6.11. The smallest absolute Gasteiger partial charge is 0.267 e. The van der Waals surface area contributed by atoms with Gasteiger partial charge in [-0.15, -0.1) is 0 Å². The first-order valence-electron chi connectivity index (χ1n) is 7.66. The van der Waals surface area contributed by atoms with Gasteiger partial charge in [0.25, 0.3) is 5.91 Å². The lowest BCUT2D eigenvalue weighted by Crippen LogP contribution is -2.44. The average Bonchev–Trinajstić information content (AvgIpc) is 3.11. The Morgan fingerprint density at radius 2 is 2.29 bits per heavy atom. The standard InChI is InChI=1S/C17H19FN4O2/c1-11-13(10-20-22(11)3)9-19-16(23)17(2)8-15(21-24-17)12-5-4-6-14(18)7-12/h4-7,10H,8-9H2,1-3H3,(H,19,23)/t17-/m0/s1. The highest BCUT2D eigenvalue weighted by Crippen LogP contribution is 2.27. The summed E-state index contributed by atoms with van der Waals surface area (Å²) in [6.07, 6.45) is 2.01. The summed E-state index contributed by atoms with van der Waals surface area (Å²) in [5.41, 5.74) is 2.01. The molecule has 0 fully saturated rings. The van der Waals surface area contributed by atoms with Crippen LogP contribution in [0.15, 0.2) is 35.6 Å². The van der Waals surface area contributed by atoms with Crippen molar-refractivity contribution in [2.75, 3.05) is 0 Å². The molecule has 24 heavy (non-hydrogen) atoms. The lowest BCUT2D eigenvalue weighted by Gasteiger charge is -2.20. The summed E-state index contributed by atoms with van der Waals surface area (Å²) in [4.78, 5) is 17.9. The molecule has 126 valence electrons. The van der Waals surface area contributed by atoms with E-state index in [1.54, 1.807) is 29.9 Å². The van der Waals surface area contributed by atoms with Gasteiger partial charge in [-0.05, 0) is 26.0 Å². The van der Waals surface area contributed by atoms with E-state index in [-0.39, 0.29) is 18.1 Å². The van der Waals surface area contributed by atoms with Gasteiger partial charge in [0.2, 0.25) is 5.60 Å². The Kier molecular flexibility index (Phi) is 4.09. The normalized spacial score (nSPS) is 19.8. The quantitative estimate of drug-likeness (QED) is 0.933. The predicted molar refractivity (Wildman–Crippen MR) is 86.8 cm³/mol. The molecular formula is C17H19FN4O2. The molecule has 2 heterocycles. The third-order valence-electron chi connectivity index (χ3n) is 4.28. The Balaban J connectivity index is 1.65. The molecule has 3 rings (SSSR count). The van der Waals surface area contributed by atoms with E-state index in [0.29, 0.717) is 17.8 Å². The number of carbonyl (C=O) groups excluding carboxylic acids is 1. The van der Waals surface area contributed by atoms with Crippen LogP contribution in [-0.2, 0) is 23.2 Å². The van der Waals surface area contributed by atoms with E-state index in [1.807, 2.05) is 14.0 Å². The van der Waals surface area contributed by atoms with Crippen LogP contribution in [-0.4, -0.2) is 27.0 Å². The van der Waals surface area contributed by atoms with E-state index in [2.05, 4.69) is 15.6 Å². The molecule has 0 radical (unpaired) electrons. The number of aromatic nitrogens is 2. The van der Waals surface area contributed by atoms with Gasteiger partial charge >= 0.3 is 0 Å². The van der Waals surface area contributed by atoms with Gasteiger partial charge in [0, 0.05) is 36.8 Å². The van der Waals surface area contributed by atoms with Crippen LogP contribution in [0.1, 0.15) is 30.2 Å². The molecule has 0 aliphatic carbocycles. The fourth-order valence-electron chi connectivity index (χ4n) is 2.56. The lowest BCUT2D eigenvalue weighted by molar-refractivity contribution is -0.141. The first-order valence-corrected chi connectivity index (χ1v) is 7.66. The summed E-state index contributed by atoms with van der Waals surface area (Å²) in [5.74, 6) is -0.610. The summed E-state index contributed by atoms with van der Waals surface area (Å²) in [5, 5.41) is 11.0. The Labute approximate surface area is 139 Å². The summed E-state index contributed by atoms with van der Waals surface area (Å²) >= 11 is 0. The first kappa shape index (κ1) is 16.2. The number of halogens is 1. The Bertz CT molecular complexity index is 815. The van der Waals surface area contributed by atoms with Crippen molar-refractivity contribution in [1.82, 2.24) is 15.1 Å². The number of amides is 1. The van der Waals surface area contributed by atoms with Crippen LogP contribution in [0.2, 0.25) is 0 Å². The molecule has 1 amide bonds. The predicted octanol–water partition coefficient (Wildman–Crippen LogP) is 2.07. The zero-order valence-corrected chi connectivity index (χ0v) is 13.8. The molecule has 1 aliphatic heterocycles. The number of hydrogen-bond acceptors (Lipinski definition) is 4. The number of nitrogens with zero attached hydrogens (tertiary/aromatic N) is 3. The zero-order valence-electron chi connectivity index (χ0n) is 13.8. The van der Waals surface area contributed by atoms with Crippen LogP contribution >= 0.6 is 0 Å². The number of rotatable bonds is 4. The van der Waals surface area contributed by atoms with Crippen LogP contribution in [0.25, 0.3) is 0 Å². The van der Waals surface area contributed by atoms with Gasteiger partial charge in [0.1, 0.15) is 5.82 Å². The highest BCUT2D eigenvalue weighted by molar-refractivity contribution is 6.05. The van der Waals surface area contributed by atoms with Crippen LogP contribution in [0, 0.1) is 12.7 Å². The maximum atomic E-state index is 13.3.